The van der Waals surface area contributed by atoms with E-state index in [0.717, 1.165) is 67.9 Å². The number of alkyl carbamates (subject to hydrolysis) is 1. The average molecular weight is 609 g/mol. The maximum absolute atomic E-state index is 13.5. The number of piperidine rings is 1. The van der Waals surface area contributed by atoms with Gasteiger partial charge in [0.25, 0.3) is 0 Å². The molecule has 2 fully saturated rings. The third-order valence-electron chi connectivity index (χ3n) is 8.27. The van der Waals surface area contributed by atoms with Crippen LogP contribution < -0.4 is 15.0 Å². The summed E-state index contributed by atoms with van der Waals surface area (Å²) in [6, 6.07) is 7.38. The van der Waals surface area contributed by atoms with E-state index in [2.05, 4.69) is 40.3 Å². The average Bonchev–Trinajstić information content (AvgIpc) is 3.66. The molecule has 2 aliphatic rings. The van der Waals surface area contributed by atoms with Gasteiger partial charge >= 0.3 is 12.1 Å². The van der Waals surface area contributed by atoms with Gasteiger partial charge < -0.3 is 29.1 Å². The molecular formula is C33H48N6O5. The van der Waals surface area contributed by atoms with Gasteiger partial charge in [-0.25, -0.2) is 4.79 Å². The molecule has 2 aliphatic heterocycles. The van der Waals surface area contributed by atoms with Crippen LogP contribution in [0.3, 0.4) is 0 Å². The maximum atomic E-state index is 13.5. The fraction of sp³-hybridized carbons (Fsp3) is 0.667. The Morgan fingerprint density at radius 3 is 2.57 bits per heavy atom. The molecule has 2 atom stereocenters. The molecular weight excluding hydrogens is 560 g/mol. The number of aryl methyl sites for hydroxylation is 1. The van der Waals surface area contributed by atoms with Crippen molar-refractivity contribution < 1.29 is 23.6 Å². The molecule has 11 heteroatoms. The van der Waals surface area contributed by atoms with Gasteiger partial charge in [-0.05, 0) is 95.4 Å². The van der Waals surface area contributed by atoms with Gasteiger partial charge in [0.05, 0.1) is 12.7 Å². The van der Waals surface area contributed by atoms with Crippen molar-refractivity contribution in [1.82, 2.24) is 20.4 Å². The number of rotatable bonds is 11. The van der Waals surface area contributed by atoms with Crippen LogP contribution in [0.25, 0.3) is 0 Å². The quantitative estimate of drug-likeness (QED) is 0.327. The molecule has 0 radical (unpaired) electrons. The molecule has 2 aromatic rings. The zero-order chi connectivity index (χ0) is 31.9. The number of amides is 2. The molecule has 3 heterocycles. The number of aromatic nitrogens is 2. The largest absolute Gasteiger partial charge is 0.494 e. The third-order valence-corrected chi connectivity index (χ3v) is 8.27. The summed E-state index contributed by atoms with van der Waals surface area (Å²) in [7, 11) is 0. The number of hydrogen-bond donors (Lipinski definition) is 1. The molecule has 2 saturated heterocycles. The first kappa shape index (κ1) is 33.1. The predicted molar refractivity (Wildman–Crippen MR) is 166 cm³/mol. The van der Waals surface area contributed by atoms with Crippen molar-refractivity contribution in [3.63, 3.8) is 0 Å². The second kappa shape index (κ2) is 14.8. The standard InChI is InChI=1S/C33H48N6O5/c1-22(2)29-36-31(44-37-29)38-16-13-24(14-17-38)9-8-18-42-27-12-11-25(23(3)19-27)20-28(35-32(41)43-33(4,5)6)30(40)39-15-7-10-26(39)21-34/h11-12,19,22,24,26,28H,7-10,13-18,20H2,1-6H3,(H,35,41). The van der Waals surface area contributed by atoms with Crippen LogP contribution in [0.4, 0.5) is 10.8 Å². The summed E-state index contributed by atoms with van der Waals surface area (Å²) in [5.74, 6) is 2.18. The lowest BCUT2D eigenvalue weighted by Crippen LogP contribution is -2.51. The lowest BCUT2D eigenvalue weighted by atomic mass is 9.92. The maximum Gasteiger partial charge on any atom is 0.408 e. The van der Waals surface area contributed by atoms with Crippen LogP contribution in [0.5, 0.6) is 5.75 Å². The predicted octanol–water partition coefficient (Wildman–Crippen LogP) is 5.53. The van der Waals surface area contributed by atoms with Gasteiger partial charge in [-0.2, -0.15) is 10.2 Å². The number of ether oxygens (including phenoxy) is 2. The fourth-order valence-corrected chi connectivity index (χ4v) is 5.79. The highest BCUT2D eigenvalue weighted by molar-refractivity contribution is 5.86. The van der Waals surface area contributed by atoms with E-state index in [1.54, 1.807) is 25.7 Å². The van der Waals surface area contributed by atoms with Crippen molar-refractivity contribution in [3.05, 3.63) is 35.2 Å². The van der Waals surface area contributed by atoms with E-state index in [1.807, 2.05) is 25.1 Å². The van der Waals surface area contributed by atoms with E-state index in [-0.39, 0.29) is 11.8 Å². The van der Waals surface area contributed by atoms with Gasteiger partial charge in [0.15, 0.2) is 5.82 Å². The van der Waals surface area contributed by atoms with Crippen molar-refractivity contribution in [2.45, 2.75) is 110 Å². The number of nitrogens with one attached hydrogen (secondary N) is 1. The van der Waals surface area contributed by atoms with Crippen molar-refractivity contribution in [3.8, 4) is 11.8 Å². The minimum atomic E-state index is -0.840. The molecule has 2 unspecified atom stereocenters. The Morgan fingerprint density at radius 1 is 1.18 bits per heavy atom. The van der Waals surface area contributed by atoms with E-state index < -0.39 is 23.8 Å². The normalized spacial score (nSPS) is 18.3. The molecule has 44 heavy (non-hydrogen) atoms. The summed E-state index contributed by atoms with van der Waals surface area (Å²) in [5, 5.41) is 16.4. The smallest absolute Gasteiger partial charge is 0.408 e. The number of likely N-dealkylation sites (tertiary alicyclic amines) is 1. The number of carbonyl (C=O) groups excluding carboxylic acids is 2. The Balaban J connectivity index is 1.27. The van der Waals surface area contributed by atoms with E-state index in [4.69, 9.17) is 14.0 Å². The van der Waals surface area contributed by atoms with Crippen LogP contribution in [0.15, 0.2) is 22.7 Å². The van der Waals surface area contributed by atoms with Crippen molar-refractivity contribution >= 4 is 18.0 Å². The second-order valence-corrected chi connectivity index (χ2v) is 13.3. The lowest BCUT2D eigenvalue weighted by molar-refractivity contribution is -0.133. The molecule has 1 N–H and O–H groups in total. The van der Waals surface area contributed by atoms with E-state index >= 15 is 0 Å². The molecule has 1 aromatic heterocycles. The topological polar surface area (TPSA) is 134 Å². The Kier molecular flexibility index (Phi) is 11.1. The third kappa shape index (κ3) is 9.10. The Hall–Kier alpha value is -3.81. The number of nitrogens with zero attached hydrogens (tertiary/aromatic N) is 5. The van der Waals surface area contributed by atoms with Crippen LogP contribution in [0, 0.1) is 24.2 Å². The van der Waals surface area contributed by atoms with Gasteiger partial charge in [-0.1, -0.05) is 25.1 Å². The molecule has 11 nitrogen and oxygen atoms in total. The summed E-state index contributed by atoms with van der Waals surface area (Å²) < 4.78 is 17.0. The number of carbonyl (C=O) groups is 2. The minimum Gasteiger partial charge on any atom is -0.494 e. The highest BCUT2D eigenvalue weighted by Gasteiger charge is 2.35. The minimum absolute atomic E-state index is 0.255. The molecule has 1 aromatic carbocycles. The lowest BCUT2D eigenvalue weighted by Gasteiger charge is -2.30. The van der Waals surface area contributed by atoms with E-state index in [1.165, 1.54) is 0 Å². The highest BCUT2D eigenvalue weighted by atomic mass is 16.6. The van der Waals surface area contributed by atoms with Gasteiger partial charge in [0.1, 0.15) is 23.4 Å². The molecule has 2 amide bonds. The van der Waals surface area contributed by atoms with Gasteiger partial charge in [0, 0.05) is 32.0 Å². The molecule has 240 valence electrons. The van der Waals surface area contributed by atoms with E-state index in [0.29, 0.717) is 37.9 Å². The Bertz CT molecular complexity index is 1300. The SMILES string of the molecule is Cc1cc(OCCCC2CCN(c3nc(C(C)C)no3)CC2)ccc1CC(NC(=O)OC(C)(C)C)C(=O)N1CCCC1C#N. The van der Waals surface area contributed by atoms with Crippen LogP contribution in [-0.4, -0.2) is 71.0 Å². The first-order chi connectivity index (χ1) is 20.9. The van der Waals surface area contributed by atoms with Gasteiger partial charge in [-0.15, -0.1) is 0 Å². The number of hydrogen-bond acceptors (Lipinski definition) is 9. The summed E-state index contributed by atoms with van der Waals surface area (Å²) in [6.45, 7) is 14.4. The zero-order valence-corrected chi connectivity index (χ0v) is 27.1. The number of nitriles is 1. The summed E-state index contributed by atoms with van der Waals surface area (Å²) >= 11 is 0. The molecule has 4 rings (SSSR count). The monoisotopic (exact) mass is 608 g/mol. The highest BCUT2D eigenvalue weighted by Crippen LogP contribution is 2.27. The van der Waals surface area contributed by atoms with Crippen LogP contribution >= 0.6 is 0 Å². The van der Waals surface area contributed by atoms with Crippen molar-refractivity contribution in [1.29, 1.82) is 5.26 Å². The summed E-state index contributed by atoms with van der Waals surface area (Å²) in [4.78, 5) is 34.4. The Morgan fingerprint density at radius 2 is 1.93 bits per heavy atom. The number of benzene rings is 1. The summed E-state index contributed by atoms with van der Waals surface area (Å²) in [5.41, 5.74) is 1.20. The molecule has 0 saturated carbocycles. The summed E-state index contributed by atoms with van der Waals surface area (Å²) in [6.07, 6.45) is 5.31. The molecule has 0 spiro atoms. The van der Waals surface area contributed by atoms with Crippen LogP contribution in [0.1, 0.15) is 96.0 Å². The number of anilines is 1. The fourth-order valence-electron chi connectivity index (χ4n) is 5.79. The molecule has 0 bridgehead atoms. The zero-order valence-electron chi connectivity index (χ0n) is 27.1. The molecule has 0 aliphatic carbocycles. The first-order valence-corrected chi connectivity index (χ1v) is 15.9. The van der Waals surface area contributed by atoms with E-state index in [9.17, 15) is 14.9 Å². The van der Waals surface area contributed by atoms with Gasteiger partial charge in [0.2, 0.25) is 5.91 Å². The van der Waals surface area contributed by atoms with Crippen LogP contribution in [0.2, 0.25) is 0 Å². The van der Waals surface area contributed by atoms with Crippen molar-refractivity contribution in [2.75, 3.05) is 31.1 Å². The Labute approximate surface area is 261 Å². The second-order valence-electron chi connectivity index (χ2n) is 13.3. The van der Waals surface area contributed by atoms with Crippen LogP contribution in [-0.2, 0) is 16.0 Å². The van der Waals surface area contributed by atoms with Gasteiger partial charge in [-0.3, -0.25) is 4.79 Å². The first-order valence-electron chi connectivity index (χ1n) is 15.9. The van der Waals surface area contributed by atoms with Crippen molar-refractivity contribution in [2.24, 2.45) is 5.92 Å².